The van der Waals surface area contributed by atoms with Crippen LogP contribution in [-0.4, -0.2) is 45.0 Å². The van der Waals surface area contributed by atoms with E-state index in [0.29, 0.717) is 0 Å². The van der Waals surface area contributed by atoms with Crippen molar-refractivity contribution in [2.75, 3.05) is 18.4 Å². The lowest BCUT2D eigenvalue weighted by Gasteiger charge is -2.40. The molecule has 2 aromatic rings. The molecular weight excluding hydrogens is 416 g/mol. The summed E-state index contributed by atoms with van der Waals surface area (Å²) in [6.45, 7) is 2.40. The number of nitriles is 1. The number of hydrogen-bond donors (Lipinski definition) is 3. The molecule has 2 heterocycles. The van der Waals surface area contributed by atoms with Crippen LogP contribution in [0, 0.1) is 17.2 Å². The van der Waals surface area contributed by atoms with Gasteiger partial charge in [0, 0.05) is 36.8 Å². The van der Waals surface area contributed by atoms with Crippen LogP contribution >= 0.6 is 11.6 Å². The van der Waals surface area contributed by atoms with Crippen molar-refractivity contribution in [3.8, 4) is 6.07 Å². The number of anilines is 1. The summed E-state index contributed by atoms with van der Waals surface area (Å²) < 4.78 is 1.72. The van der Waals surface area contributed by atoms with Crippen LogP contribution in [0.5, 0.6) is 0 Å². The predicted molar refractivity (Wildman–Crippen MR) is 117 cm³/mol. The van der Waals surface area contributed by atoms with Crippen molar-refractivity contribution < 1.29 is 9.90 Å². The van der Waals surface area contributed by atoms with Crippen molar-refractivity contribution in [2.24, 2.45) is 11.7 Å². The Kier molecular flexibility index (Phi) is 6.19. The number of likely N-dealkylation sites (tertiary alicyclic amines) is 1. The highest BCUT2D eigenvalue weighted by Gasteiger charge is 2.39. The van der Waals surface area contributed by atoms with E-state index < -0.39 is 17.7 Å². The van der Waals surface area contributed by atoms with Crippen molar-refractivity contribution in [1.82, 2.24) is 14.7 Å². The number of primary amides is 1. The summed E-state index contributed by atoms with van der Waals surface area (Å²) in [5, 5.41) is 28.0. The minimum absolute atomic E-state index is 0.176. The molecule has 0 bridgehead atoms. The Morgan fingerprint density at radius 2 is 2.03 bits per heavy atom. The van der Waals surface area contributed by atoms with Crippen LogP contribution in [0.25, 0.3) is 0 Å². The molecule has 0 radical (unpaired) electrons. The van der Waals surface area contributed by atoms with Crippen molar-refractivity contribution in [2.45, 2.75) is 50.4 Å². The minimum Gasteiger partial charge on any atom is -0.373 e. The summed E-state index contributed by atoms with van der Waals surface area (Å²) in [4.78, 5) is 14.3. The van der Waals surface area contributed by atoms with Gasteiger partial charge in [-0.25, -0.2) is 0 Å². The van der Waals surface area contributed by atoms with Crippen LogP contribution in [0.3, 0.4) is 0 Å². The summed E-state index contributed by atoms with van der Waals surface area (Å²) in [6.07, 6.45) is 4.49. The average molecular weight is 443 g/mol. The smallest absolute Gasteiger partial charge is 0.254 e. The number of amides is 1. The van der Waals surface area contributed by atoms with Gasteiger partial charge < -0.3 is 16.2 Å². The standard InChI is InChI=1S/C22H27ClN6O2/c23-17-5-1-15(2-6-17)13-28-11-8-22(7-10-24,9-12-28)29-14-18(19(25)30)20(27-29)26-21(31)16-3-4-16/h1-2,5-6,14,16,21,31H,3-4,7-9,11-13H2,(H2,25,30)(H,26,27). The molecule has 4 N–H and O–H groups in total. The maximum absolute atomic E-state index is 12.0. The van der Waals surface area contributed by atoms with Gasteiger partial charge >= 0.3 is 0 Å². The van der Waals surface area contributed by atoms with Gasteiger partial charge in [-0.2, -0.15) is 10.4 Å². The number of aromatic nitrogens is 2. The van der Waals surface area contributed by atoms with E-state index in [-0.39, 0.29) is 23.7 Å². The number of rotatable bonds is 8. The normalized spacial score (nSPS) is 19.5. The maximum Gasteiger partial charge on any atom is 0.254 e. The van der Waals surface area contributed by atoms with E-state index in [2.05, 4.69) is 21.4 Å². The Hall–Kier alpha value is -2.60. The number of carbonyl (C=O) groups excluding carboxylic acids is 1. The fourth-order valence-corrected chi connectivity index (χ4v) is 4.31. The van der Waals surface area contributed by atoms with Crippen LogP contribution in [0.1, 0.15) is 48.0 Å². The molecule has 4 rings (SSSR count). The number of nitrogens with one attached hydrogen (secondary N) is 1. The summed E-state index contributed by atoms with van der Waals surface area (Å²) in [5.41, 5.74) is 6.47. The molecular formula is C22H27ClN6O2. The van der Waals surface area contributed by atoms with Crippen LogP contribution < -0.4 is 11.1 Å². The number of halogens is 1. The highest BCUT2D eigenvalue weighted by atomic mass is 35.5. The van der Waals surface area contributed by atoms with E-state index in [1.54, 1.807) is 10.9 Å². The highest BCUT2D eigenvalue weighted by molar-refractivity contribution is 6.30. The second-order valence-electron chi connectivity index (χ2n) is 8.59. The first-order valence-electron chi connectivity index (χ1n) is 10.6. The van der Waals surface area contributed by atoms with Gasteiger partial charge in [0.1, 0.15) is 11.8 Å². The highest BCUT2D eigenvalue weighted by Crippen LogP contribution is 2.36. The monoisotopic (exact) mass is 442 g/mol. The first-order valence-corrected chi connectivity index (χ1v) is 11.0. The number of hydrogen-bond acceptors (Lipinski definition) is 6. The summed E-state index contributed by atoms with van der Waals surface area (Å²) in [7, 11) is 0. The summed E-state index contributed by atoms with van der Waals surface area (Å²) in [6, 6.07) is 10.1. The number of nitrogens with two attached hydrogens (primary N) is 1. The molecule has 1 aliphatic carbocycles. The molecule has 1 aromatic heterocycles. The number of benzene rings is 1. The lowest BCUT2D eigenvalue weighted by molar-refractivity contribution is 0.0966. The van der Waals surface area contributed by atoms with E-state index in [4.69, 9.17) is 17.3 Å². The minimum atomic E-state index is -0.755. The third-order valence-electron chi connectivity index (χ3n) is 6.33. The molecule has 164 valence electrons. The fourth-order valence-electron chi connectivity index (χ4n) is 4.18. The first-order chi connectivity index (χ1) is 14.9. The number of piperidine rings is 1. The zero-order chi connectivity index (χ0) is 22.0. The van der Waals surface area contributed by atoms with Crippen LogP contribution in [-0.2, 0) is 12.1 Å². The molecule has 2 fully saturated rings. The quantitative estimate of drug-likeness (QED) is 0.540. The van der Waals surface area contributed by atoms with Gasteiger partial charge in [-0.05, 0) is 43.4 Å². The molecule has 9 heteroatoms. The molecule has 1 atom stereocenters. The molecule has 0 spiro atoms. The molecule has 2 aliphatic rings. The van der Waals surface area contributed by atoms with E-state index >= 15 is 0 Å². The maximum atomic E-state index is 12.0. The van der Waals surface area contributed by atoms with Crippen LogP contribution in [0.4, 0.5) is 5.82 Å². The molecule has 1 aliphatic heterocycles. The SMILES string of the molecule is N#CCC1(n2cc(C(N)=O)c(NC(O)C3CC3)n2)CCN(Cc2ccc(Cl)cc2)CC1. The van der Waals surface area contributed by atoms with Gasteiger partial charge in [0.2, 0.25) is 0 Å². The summed E-state index contributed by atoms with van der Waals surface area (Å²) >= 11 is 5.98. The largest absolute Gasteiger partial charge is 0.373 e. The Bertz CT molecular complexity index is 971. The van der Waals surface area contributed by atoms with Gasteiger partial charge in [0.05, 0.1) is 18.0 Å². The van der Waals surface area contributed by atoms with Gasteiger partial charge in [0.15, 0.2) is 5.82 Å². The topological polar surface area (TPSA) is 120 Å². The van der Waals surface area contributed by atoms with E-state index in [0.717, 1.165) is 50.3 Å². The Balaban J connectivity index is 1.51. The second kappa shape index (κ2) is 8.87. The van der Waals surface area contributed by atoms with Crippen molar-refractivity contribution in [1.29, 1.82) is 5.26 Å². The van der Waals surface area contributed by atoms with Gasteiger partial charge in [0.25, 0.3) is 5.91 Å². The number of nitrogens with zero attached hydrogens (tertiary/aromatic N) is 4. The molecule has 8 nitrogen and oxygen atoms in total. The van der Waals surface area contributed by atoms with Crippen molar-refractivity contribution in [3.05, 3.63) is 46.6 Å². The average Bonchev–Trinajstić information content (AvgIpc) is 3.51. The van der Waals surface area contributed by atoms with Crippen LogP contribution in [0.2, 0.25) is 5.02 Å². The van der Waals surface area contributed by atoms with Gasteiger partial charge in [-0.3, -0.25) is 14.4 Å². The van der Waals surface area contributed by atoms with E-state index in [1.807, 2.05) is 24.3 Å². The zero-order valence-electron chi connectivity index (χ0n) is 17.3. The lowest BCUT2D eigenvalue weighted by atomic mass is 9.84. The predicted octanol–water partition coefficient (Wildman–Crippen LogP) is 2.68. The van der Waals surface area contributed by atoms with Crippen molar-refractivity contribution >= 4 is 23.3 Å². The van der Waals surface area contributed by atoms with E-state index in [1.165, 1.54) is 5.56 Å². The van der Waals surface area contributed by atoms with Crippen LogP contribution in [0.15, 0.2) is 30.5 Å². The van der Waals surface area contributed by atoms with Gasteiger partial charge in [-0.15, -0.1) is 0 Å². The van der Waals surface area contributed by atoms with Crippen molar-refractivity contribution in [3.63, 3.8) is 0 Å². The molecule has 1 saturated heterocycles. The molecule has 31 heavy (non-hydrogen) atoms. The molecule has 1 saturated carbocycles. The number of aliphatic hydroxyl groups is 1. The molecule has 1 amide bonds. The Morgan fingerprint density at radius 3 is 2.61 bits per heavy atom. The summed E-state index contributed by atoms with van der Waals surface area (Å²) in [5.74, 6) is -0.146. The van der Waals surface area contributed by atoms with E-state index in [9.17, 15) is 15.2 Å². The zero-order valence-corrected chi connectivity index (χ0v) is 18.1. The third kappa shape index (κ3) is 4.85. The number of carbonyl (C=O) groups is 1. The lowest BCUT2D eigenvalue weighted by Crippen LogP contribution is -2.46. The molecule has 1 aromatic carbocycles. The first kappa shape index (κ1) is 21.6. The third-order valence-corrected chi connectivity index (χ3v) is 6.59. The van der Waals surface area contributed by atoms with Gasteiger partial charge in [-0.1, -0.05) is 23.7 Å². The molecule has 1 unspecified atom stereocenters. The number of aliphatic hydroxyl groups excluding tert-OH is 1. The Labute approximate surface area is 186 Å². The Morgan fingerprint density at radius 1 is 1.35 bits per heavy atom. The second-order valence-corrected chi connectivity index (χ2v) is 9.03. The fraction of sp³-hybridized carbons (Fsp3) is 0.500.